The molecule has 45 heavy (non-hydrogen) atoms. The van der Waals surface area contributed by atoms with E-state index in [-0.39, 0.29) is 11.0 Å². The van der Waals surface area contributed by atoms with Crippen molar-refractivity contribution in [1.29, 1.82) is 0 Å². The monoisotopic (exact) mass is 662 g/mol. The van der Waals surface area contributed by atoms with E-state index in [0.29, 0.717) is 13.0 Å². The Morgan fingerprint density at radius 3 is 2.31 bits per heavy atom. The number of benzene rings is 1. The van der Waals surface area contributed by atoms with Crippen LogP contribution in [0.2, 0.25) is 5.15 Å². The van der Waals surface area contributed by atoms with Gasteiger partial charge in [0, 0.05) is 74.2 Å². The van der Waals surface area contributed by atoms with Crippen molar-refractivity contribution in [3.8, 4) is 0 Å². The summed E-state index contributed by atoms with van der Waals surface area (Å²) < 4.78 is 25.3. The highest BCUT2D eigenvalue weighted by Gasteiger charge is 2.20. The van der Waals surface area contributed by atoms with Crippen LogP contribution in [0.5, 0.6) is 0 Å². The van der Waals surface area contributed by atoms with Crippen LogP contribution >= 0.6 is 23.5 Å². The summed E-state index contributed by atoms with van der Waals surface area (Å²) in [5.41, 5.74) is 2.45. The number of pyridine rings is 1. The van der Waals surface area contributed by atoms with E-state index in [1.165, 1.54) is 87.3 Å². The van der Waals surface area contributed by atoms with Gasteiger partial charge in [-0.2, -0.15) is 0 Å². The third-order valence-electron chi connectivity index (χ3n) is 8.39. The second kappa shape index (κ2) is 21.5. The molecule has 5 rings (SSSR count). The predicted octanol–water partition coefficient (Wildman–Crippen LogP) is 8.43. The Balaban J connectivity index is 0.000000261. The van der Waals surface area contributed by atoms with Crippen molar-refractivity contribution in [2.24, 2.45) is 5.92 Å². The lowest BCUT2D eigenvalue weighted by molar-refractivity contribution is 0.331. The average molecular weight is 663 g/mol. The molecule has 1 aromatic heterocycles. The molecule has 0 atom stereocenters. The summed E-state index contributed by atoms with van der Waals surface area (Å²) in [6.45, 7) is 17.1. The van der Waals surface area contributed by atoms with Gasteiger partial charge in [0.15, 0.2) is 0 Å². The Bertz CT molecular complexity index is 1100. The van der Waals surface area contributed by atoms with E-state index in [4.69, 9.17) is 11.6 Å². The highest BCUT2D eigenvalue weighted by molar-refractivity contribution is 7.97. The Morgan fingerprint density at radius 2 is 1.67 bits per heavy atom. The second-order valence-electron chi connectivity index (χ2n) is 11.7. The summed E-state index contributed by atoms with van der Waals surface area (Å²) >= 11 is 7.62. The first kappa shape index (κ1) is 37.1. The van der Waals surface area contributed by atoms with Crippen LogP contribution in [0.4, 0.5) is 20.3 Å². The number of likely N-dealkylation sites (tertiary alicyclic amines) is 1. The first-order valence-corrected chi connectivity index (χ1v) is 17.6. The maximum Gasteiger partial charge on any atom is 0.134 e. The lowest BCUT2D eigenvalue weighted by Gasteiger charge is -2.34. The quantitative estimate of drug-likeness (QED) is 0.0966. The average Bonchev–Trinajstić information content (AvgIpc) is 3.59. The maximum absolute atomic E-state index is 13.5. The van der Waals surface area contributed by atoms with E-state index in [9.17, 15) is 8.78 Å². The lowest BCUT2D eigenvalue weighted by Crippen LogP contribution is -2.43. The molecular weight excluding hydrogens is 610 g/mol. The maximum atomic E-state index is 13.5. The van der Waals surface area contributed by atoms with Gasteiger partial charge in [-0.3, -0.25) is 4.39 Å². The molecule has 1 aliphatic carbocycles. The van der Waals surface area contributed by atoms with Crippen LogP contribution in [-0.2, 0) is 0 Å². The first-order valence-electron chi connectivity index (χ1n) is 16.5. The molecule has 1 aromatic carbocycles. The summed E-state index contributed by atoms with van der Waals surface area (Å²) in [5.74, 6) is 1.02. The van der Waals surface area contributed by atoms with Gasteiger partial charge in [0.2, 0.25) is 0 Å². The van der Waals surface area contributed by atoms with E-state index in [1.807, 2.05) is 6.08 Å². The number of rotatable bonds is 13. The molecule has 250 valence electrons. The molecule has 2 saturated heterocycles. The van der Waals surface area contributed by atoms with Gasteiger partial charge in [0.25, 0.3) is 0 Å². The summed E-state index contributed by atoms with van der Waals surface area (Å²) in [7, 11) is 0.500. The zero-order valence-corrected chi connectivity index (χ0v) is 28.7. The van der Waals surface area contributed by atoms with E-state index < -0.39 is 0 Å². The molecule has 0 bridgehead atoms. The van der Waals surface area contributed by atoms with E-state index >= 15 is 0 Å². The Hall–Kier alpha value is -2.33. The van der Waals surface area contributed by atoms with Gasteiger partial charge in [-0.05, 0) is 93.7 Å². The van der Waals surface area contributed by atoms with Gasteiger partial charge in [-0.25, -0.2) is 13.7 Å². The van der Waals surface area contributed by atoms with Crippen LogP contribution in [-0.4, -0.2) is 80.3 Å². The van der Waals surface area contributed by atoms with Crippen molar-refractivity contribution in [1.82, 2.24) is 19.5 Å². The molecule has 3 aliphatic rings. The zero-order chi connectivity index (χ0) is 32.3. The van der Waals surface area contributed by atoms with Gasteiger partial charge >= 0.3 is 0 Å². The molecule has 3 fully saturated rings. The number of alkyl halides is 1. The van der Waals surface area contributed by atoms with Gasteiger partial charge < -0.3 is 20.4 Å². The SMILES string of the molecule is C=C(NCCN1CCCC1)C1CCCCC1.C=CCCCNc1ccc(SN2CCN(c3cc(F)cc(Cl)n3)CC2)cc1.CF. The van der Waals surface area contributed by atoms with Crippen molar-refractivity contribution >= 4 is 35.1 Å². The number of halogens is 3. The minimum atomic E-state index is -0.347. The number of unbranched alkanes of at least 4 members (excludes halogenated alkanes) is 1. The third-order valence-corrected chi connectivity index (χ3v) is 9.69. The number of nitrogens with one attached hydrogen (secondary N) is 2. The van der Waals surface area contributed by atoms with E-state index in [0.717, 1.165) is 63.7 Å². The van der Waals surface area contributed by atoms with Crippen LogP contribution in [0.25, 0.3) is 0 Å². The van der Waals surface area contributed by atoms with Crippen molar-refractivity contribution in [3.05, 3.63) is 72.3 Å². The fourth-order valence-corrected chi connectivity index (χ4v) is 6.95. The number of hydrogen-bond donors (Lipinski definition) is 2. The fraction of sp³-hybridized carbons (Fsp3) is 0.571. The summed E-state index contributed by atoms with van der Waals surface area (Å²) in [6, 6.07) is 11.2. The molecule has 0 amide bonds. The van der Waals surface area contributed by atoms with Crippen LogP contribution in [0.1, 0.15) is 57.8 Å². The van der Waals surface area contributed by atoms with E-state index in [1.54, 1.807) is 11.9 Å². The normalized spacial score (nSPS) is 17.5. The lowest BCUT2D eigenvalue weighted by atomic mass is 9.87. The number of anilines is 2. The molecule has 2 N–H and O–H groups in total. The highest BCUT2D eigenvalue weighted by Crippen LogP contribution is 2.28. The predicted molar refractivity (Wildman–Crippen MR) is 190 cm³/mol. The van der Waals surface area contributed by atoms with Crippen molar-refractivity contribution < 1.29 is 8.78 Å². The highest BCUT2D eigenvalue weighted by atomic mass is 35.5. The number of hydrogen-bond acceptors (Lipinski definition) is 7. The second-order valence-corrected chi connectivity index (χ2v) is 13.2. The van der Waals surface area contributed by atoms with Crippen LogP contribution in [0, 0.1) is 11.7 Å². The minimum Gasteiger partial charge on any atom is -0.387 e. The number of nitrogens with zero attached hydrogens (tertiary/aromatic N) is 4. The van der Waals surface area contributed by atoms with E-state index in [2.05, 4.69) is 67.1 Å². The zero-order valence-electron chi connectivity index (χ0n) is 27.1. The van der Waals surface area contributed by atoms with Crippen molar-refractivity contribution in [2.45, 2.75) is 62.7 Å². The van der Waals surface area contributed by atoms with Crippen molar-refractivity contribution in [3.63, 3.8) is 0 Å². The number of allylic oxidation sites excluding steroid dienone is 2. The molecule has 3 heterocycles. The Kier molecular flexibility index (Phi) is 17.7. The largest absolute Gasteiger partial charge is 0.387 e. The topological polar surface area (TPSA) is 46.7 Å². The standard InChI is InChI=1S/C20H24ClFN4S.C14H26N2.CH3F/c1-2-3-4-9-23-17-5-7-18(8-6-17)27-26-12-10-25(11-13-26)20-15-16(22)14-19(21)24-20;1-13(14-7-3-2-4-8-14)15-9-12-16-10-5-6-11-16;1-2/h2,5-8,14-15,23H,1,3-4,9-13H2;14-15H,1-12H2;1H3. The molecule has 0 unspecified atom stereocenters. The minimum absolute atomic E-state index is 0.194. The first-order chi connectivity index (χ1) is 22.0. The smallest absolute Gasteiger partial charge is 0.134 e. The Morgan fingerprint density at radius 1 is 0.978 bits per heavy atom. The summed E-state index contributed by atoms with van der Waals surface area (Å²) in [4.78, 5) is 10.1. The summed E-state index contributed by atoms with van der Waals surface area (Å²) in [6.07, 6.45) is 13.8. The molecule has 10 heteroatoms. The van der Waals surface area contributed by atoms with Gasteiger partial charge in [0.05, 0.1) is 7.18 Å². The Labute approximate surface area is 279 Å². The molecule has 0 radical (unpaired) electrons. The van der Waals surface area contributed by atoms with Gasteiger partial charge in [0.1, 0.15) is 16.8 Å². The molecule has 2 aliphatic heterocycles. The molecule has 6 nitrogen and oxygen atoms in total. The van der Waals surface area contributed by atoms with Crippen LogP contribution in [0.15, 0.2) is 66.2 Å². The van der Waals surface area contributed by atoms with Gasteiger partial charge in [-0.15, -0.1) is 6.58 Å². The van der Waals surface area contributed by atoms with Crippen LogP contribution < -0.4 is 15.5 Å². The van der Waals surface area contributed by atoms with Crippen molar-refractivity contribution in [2.75, 3.05) is 76.3 Å². The molecule has 2 aromatic rings. The third kappa shape index (κ3) is 13.9. The molecule has 0 spiro atoms. The van der Waals surface area contributed by atoms with Gasteiger partial charge in [-0.1, -0.05) is 43.5 Å². The number of piperazine rings is 1. The summed E-state index contributed by atoms with van der Waals surface area (Å²) in [5, 5.41) is 7.16. The fourth-order valence-electron chi connectivity index (χ4n) is 5.86. The van der Waals surface area contributed by atoms with Crippen LogP contribution in [0.3, 0.4) is 0 Å². The molecule has 1 saturated carbocycles. The number of aromatic nitrogens is 1. The molecular formula is C35H53ClF2N6S.